The third kappa shape index (κ3) is 17.3. The molecule has 6 nitrogen and oxygen atoms in total. The number of Topliss-reactive ketones (excluding diaryl/α,β-unsaturated/α-hetero) is 2. The Morgan fingerprint density at radius 3 is 1.64 bits per heavy atom. The van der Waals surface area contributed by atoms with Gasteiger partial charge in [0.05, 0.1) is 38.8 Å². The Labute approximate surface area is 268 Å². The standard InChI is InChI=1S/C16H23NO.C10H12O.C5H11N.C3H6O2.2ClH.H2/c1-13-6-8-15(9-7-13)16(18)14(2)12-17-10-4-3-5-11-17;1-3-10(11)9-6-4-8(2)5-7-9;1-2-4-6-5-3-1;1-2-5-3-4-1;;;/h6-9,14H,3-5,10-12H2,1-2H3;4-7H,3H2,1-2H3;6H,1-5H2;1-3H2;3*1H/p-1. The number of carbonyl (C=O) groups is 2. The van der Waals surface area contributed by atoms with Crippen LogP contribution in [0.4, 0.5) is 0 Å². The number of hydrogen-bond donors (Lipinski definition) is 2. The molecule has 3 heterocycles. The van der Waals surface area contributed by atoms with Crippen molar-refractivity contribution in [2.75, 3.05) is 52.7 Å². The molecule has 0 spiro atoms. The van der Waals surface area contributed by atoms with Gasteiger partial charge in [-0.25, -0.2) is 0 Å². The fourth-order valence-electron chi connectivity index (χ4n) is 4.82. The van der Waals surface area contributed by atoms with E-state index in [-0.39, 0.29) is 37.9 Å². The summed E-state index contributed by atoms with van der Waals surface area (Å²) in [5, 5.41) is 3.28. The lowest BCUT2D eigenvalue weighted by molar-refractivity contribution is -0.906. The molecule has 2 aromatic rings. The van der Waals surface area contributed by atoms with E-state index in [0.29, 0.717) is 19.0 Å². The molecule has 3 aliphatic rings. The number of ether oxygens (including phenoxy) is 2. The number of quaternary nitrogens is 1. The Bertz CT molecular complexity index is 944. The monoisotopic (exact) mass is 625 g/mol. The summed E-state index contributed by atoms with van der Waals surface area (Å²) in [4.78, 5) is 25.0. The maximum Gasteiger partial charge on any atom is 0.171 e. The van der Waals surface area contributed by atoms with Crippen LogP contribution in [0.2, 0.25) is 0 Å². The highest BCUT2D eigenvalue weighted by molar-refractivity contribution is 5.97. The number of aryl methyl sites for hydroxylation is 2. The summed E-state index contributed by atoms with van der Waals surface area (Å²) >= 11 is 0. The molecule has 1 atom stereocenters. The van der Waals surface area contributed by atoms with Crippen LogP contribution in [-0.2, 0) is 9.47 Å². The third-order valence-electron chi connectivity index (χ3n) is 7.38. The maximum absolute atomic E-state index is 12.3. The molecule has 3 saturated heterocycles. The molecule has 2 aromatic carbocycles. The van der Waals surface area contributed by atoms with Crippen molar-refractivity contribution in [1.29, 1.82) is 0 Å². The van der Waals surface area contributed by atoms with E-state index in [4.69, 9.17) is 9.47 Å². The van der Waals surface area contributed by atoms with Gasteiger partial charge in [0.2, 0.25) is 0 Å². The van der Waals surface area contributed by atoms with Crippen LogP contribution in [-0.4, -0.2) is 64.3 Å². The predicted molar refractivity (Wildman–Crippen MR) is 165 cm³/mol. The molecule has 8 heteroatoms. The molecule has 0 aromatic heterocycles. The van der Waals surface area contributed by atoms with Crippen molar-refractivity contribution in [3.05, 3.63) is 70.8 Å². The van der Waals surface area contributed by atoms with Crippen LogP contribution in [0.15, 0.2) is 48.5 Å². The summed E-state index contributed by atoms with van der Waals surface area (Å²) in [6.45, 7) is 16.0. The van der Waals surface area contributed by atoms with Gasteiger partial charge in [0.15, 0.2) is 11.6 Å². The Morgan fingerprint density at radius 2 is 1.26 bits per heavy atom. The Kier molecular flexibility index (Phi) is 23.6. The molecule has 0 aliphatic carbocycles. The molecule has 0 bridgehead atoms. The smallest absolute Gasteiger partial charge is 0.171 e. The molecule has 0 radical (unpaired) electrons. The van der Waals surface area contributed by atoms with Gasteiger partial charge < -0.3 is 44.5 Å². The average molecular weight is 627 g/mol. The van der Waals surface area contributed by atoms with Crippen LogP contribution < -0.4 is 35.0 Å². The topological polar surface area (TPSA) is 69.1 Å². The highest BCUT2D eigenvalue weighted by Gasteiger charge is 2.22. The zero-order chi connectivity index (χ0) is 29.0. The van der Waals surface area contributed by atoms with Crippen molar-refractivity contribution in [2.24, 2.45) is 5.92 Å². The van der Waals surface area contributed by atoms with Crippen LogP contribution in [0.1, 0.15) is 92.1 Å². The molecule has 5 rings (SSSR count). The van der Waals surface area contributed by atoms with Gasteiger partial charge in [0.1, 0.15) is 6.79 Å². The van der Waals surface area contributed by atoms with Crippen LogP contribution in [0.5, 0.6) is 0 Å². The minimum absolute atomic E-state index is 0. The SMILES string of the molecule is C1CCNCC1.C1COCO1.CCC(=O)c1ccc(C)cc1.Cc1ccc(C(=O)C(C)C[NH+]2CCCCC2)cc1.[Cl-].[Cl-].[HH]. The third-order valence-corrected chi connectivity index (χ3v) is 7.38. The number of carbonyl (C=O) groups excluding carboxylic acids is 2. The number of likely N-dealkylation sites (tertiary alicyclic amines) is 1. The predicted octanol–water partition coefficient (Wildman–Crippen LogP) is -0.525. The number of piperidine rings is 2. The van der Waals surface area contributed by atoms with E-state index in [1.165, 1.54) is 75.8 Å². The lowest BCUT2D eigenvalue weighted by Crippen LogP contribution is -3.13. The van der Waals surface area contributed by atoms with E-state index in [9.17, 15) is 9.59 Å². The van der Waals surface area contributed by atoms with E-state index >= 15 is 0 Å². The number of hydrogen-bond acceptors (Lipinski definition) is 5. The van der Waals surface area contributed by atoms with E-state index in [0.717, 1.165) is 30.9 Å². The molecule has 3 fully saturated rings. The highest BCUT2D eigenvalue weighted by atomic mass is 35.5. The van der Waals surface area contributed by atoms with Gasteiger partial charge in [-0.2, -0.15) is 0 Å². The molecule has 0 amide bonds. The second-order valence-corrected chi connectivity index (χ2v) is 11.0. The highest BCUT2D eigenvalue weighted by Crippen LogP contribution is 2.10. The summed E-state index contributed by atoms with van der Waals surface area (Å²) in [5.74, 6) is 0.652. The van der Waals surface area contributed by atoms with Gasteiger partial charge in [-0.05, 0) is 66.0 Å². The van der Waals surface area contributed by atoms with Crippen LogP contribution in [0.3, 0.4) is 0 Å². The number of rotatable bonds is 6. The van der Waals surface area contributed by atoms with Gasteiger partial charge in [0.25, 0.3) is 0 Å². The fraction of sp³-hybridized carbons (Fsp3) is 0.588. The van der Waals surface area contributed by atoms with Crippen molar-refractivity contribution in [2.45, 2.75) is 72.6 Å². The fourth-order valence-corrected chi connectivity index (χ4v) is 4.82. The summed E-state index contributed by atoms with van der Waals surface area (Å²) in [6.07, 6.45) is 8.81. The molecular formula is C34H55Cl2N2O4-. The first kappa shape index (κ1) is 40.2. The zero-order valence-electron chi connectivity index (χ0n) is 26.2. The summed E-state index contributed by atoms with van der Waals surface area (Å²) in [5.41, 5.74) is 4.08. The van der Waals surface area contributed by atoms with Crippen LogP contribution in [0, 0.1) is 19.8 Å². The van der Waals surface area contributed by atoms with E-state index in [1.807, 2.05) is 62.4 Å². The minimum Gasteiger partial charge on any atom is -1.00 e. The summed E-state index contributed by atoms with van der Waals surface area (Å²) in [6, 6.07) is 15.6. The van der Waals surface area contributed by atoms with Gasteiger partial charge in [0, 0.05) is 19.0 Å². The number of nitrogens with one attached hydrogen (secondary N) is 2. The lowest BCUT2D eigenvalue weighted by Gasteiger charge is -2.25. The van der Waals surface area contributed by atoms with Crippen molar-refractivity contribution < 1.29 is 50.2 Å². The van der Waals surface area contributed by atoms with E-state index in [2.05, 4.69) is 19.2 Å². The van der Waals surface area contributed by atoms with E-state index in [1.54, 1.807) is 4.90 Å². The Balaban J connectivity index is 0. The number of halogens is 2. The molecule has 1 unspecified atom stereocenters. The molecular weight excluding hydrogens is 571 g/mol. The quantitative estimate of drug-likeness (QED) is 0.423. The van der Waals surface area contributed by atoms with E-state index < -0.39 is 0 Å². The van der Waals surface area contributed by atoms with Crippen molar-refractivity contribution >= 4 is 11.6 Å². The maximum atomic E-state index is 12.3. The zero-order valence-corrected chi connectivity index (χ0v) is 27.7. The molecule has 42 heavy (non-hydrogen) atoms. The lowest BCUT2D eigenvalue weighted by atomic mass is 9.97. The Morgan fingerprint density at radius 1 is 0.786 bits per heavy atom. The van der Waals surface area contributed by atoms with Crippen molar-refractivity contribution in [3.63, 3.8) is 0 Å². The second-order valence-electron chi connectivity index (χ2n) is 11.0. The van der Waals surface area contributed by atoms with Crippen LogP contribution in [0.25, 0.3) is 0 Å². The first-order valence-electron chi connectivity index (χ1n) is 15.3. The first-order chi connectivity index (χ1) is 19.4. The first-order valence-corrected chi connectivity index (χ1v) is 15.3. The molecule has 2 N–H and O–H groups in total. The molecule has 240 valence electrons. The second kappa shape index (κ2) is 24.6. The van der Waals surface area contributed by atoms with Gasteiger partial charge in [-0.1, -0.05) is 73.0 Å². The summed E-state index contributed by atoms with van der Waals surface area (Å²) < 4.78 is 9.44. The van der Waals surface area contributed by atoms with Gasteiger partial charge in [-0.15, -0.1) is 0 Å². The van der Waals surface area contributed by atoms with Gasteiger partial charge >= 0.3 is 0 Å². The number of ketones is 2. The van der Waals surface area contributed by atoms with Gasteiger partial charge in [-0.3, -0.25) is 9.59 Å². The summed E-state index contributed by atoms with van der Waals surface area (Å²) in [7, 11) is 0. The van der Waals surface area contributed by atoms with Crippen LogP contribution >= 0.6 is 0 Å². The normalized spacial score (nSPS) is 16.8. The Hall–Kier alpha value is -1.80. The van der Waals surface area contributed by atoms with Crippen molar-refractivity contribution in [1.82, 2.24) is 5.32 Å². The minimum atomic E-state index is 0. The average Bonchev–Trinajstić information content (AvgIpc) is 3.60. The molecule has 0 saturated carbocycles. The molecule has 3 aliphatic heterocycles. The number of benzene rings is 2. The van der Waals surface area contributed by atoms with Crippen molar-refractivity contribution in [3.8, 4) is 0 Å². The largest absolute Gasteiger partial charge is 1.00 e.